The van der Waals surface area contributed by atoms with E-state index < -0.39 is 5.97 Å². The third-order valence-electron chi connectivity index (χ3n) is 3.74. The molecule has 0 aromatic rings. The summed E-state index contributed by atoms with van der Waals surface area (Å²) in [5, 5.41) is 8.53. The highest BCUT2D eigenvalue weighted by Crippen LogP contribution is 2.19. The summed E-state index contributed by atoms with van der Waals surface area (Å²) in [5.41, 5.74) is 0. The SMILES string of the molecule is CSSCCCCCCCCCCCCCCCC(=O)O. The van der Waals surface area contributed by atoms with Crippen molar-refractivity contribution in [3.63, 3.8) is 0 Å². The number of unbranched alkanes of at least 4 members (excludes halogenated alkanes) is 12. The zero-order chi connectivity index (χ0) is 15.6. The minimum Gasteiger partial charge on any atom is -0.481 e. The maximum absolute atomic E-state index is 10.3. The van der Waals surface area contributed by atoms with Gasteiger partial charge in [0.15, 0.2) is 0 Å². The molecule has 0 heterocycles. The molecule has 0 saturated carbocycles. The van der Waals surface area contributed by atoms with Gasteiger partial charge in [0.2, 0.25) is 0 Å². The molecule has 0 fully saturated rings. The van der Waals surface area contributed by atoms with Crippen LogP contribution in [0, 0.1) is 0 Å². The minimum atomic E-state index is -0.655. The fourth-order valence-corrected chi connectivity index (χ4v) is 3.81. The summed E-state index contributed by atoms with van der Waals surface area (Å²) >= 11 is 0. The molecule has 0 rings (SSSR count). The lowest BCUT2D eigenvalue weighted by molar-refractivity contribution is -0.137. The lowest BCUT2D eigenvalue weighted by Gasteiger charge is -2.03. The average molecular weight is 335 g/mol. The fourth-order valence-electron chi connectivity index (χ4n) is 2.47. The van der Waals surface area contributed by atoms with Crippen LogP contribution in [0.4, 0.5) is 0 Å². The van der Waals surface area contributed by atoms with Gasteiger partial charge in [0, 0.05) is 12.2 Å². The Bertz CT molecular complexity index is 223. The maximum Gasteiger partial charge on any atom is 0.303 e. The van der Waals surface area contributed by atoms with Gasteiger partial charge < -0.3 is 5.11 Å². The molecule has 0 aliphatic carbocycles. The Hall–Kier alpha value is 0.170. The lowest BCUT2D eigenvalue weighted by Crippen LogP contribution is -1.93. The molecular weight excluding hydrogens is 300 g/mol. The van der Waals surface area contributed by atoms with Crippen LogP contribution in [-0.2, 0) is 4.79 Å². The molecule has 126 valence electrons. The van der Waals surface area contributed by atoms with E-state index in [-0.39, 0.29) is 0 Å². The molecular formula is C17H34O2S2. The maximum atomic E-state index is 10.3. The normalized spacial score (nSPS) is 10.9. The first-order valence-corrected chi connectivity index (χ1v) is 11.4. The second-order valence-corrected chi connectivity index (χ2v) is 8.41. The summed E-state index contributed by atoms with van der Waals surface area (Å²) in [6.45, 7) is 0. The number of carboxylic acid groups (broad SMARTS) is 1. The van der Waals surface area contributed by atoms with Gasteiger partial charge in [0.1, 0.15) is 0 Å². The van der Waals surface area contributed by atoms with E-state index in [1.807, 2.05) is 21.6 Å². The third kappa shape index (κ3) is 20.2. The number of aliphatic carboxylic acids is 1. The highest BCUT2D eigenvalue weighted by atomic mass is 33.1. The van der Waals surface area contributed by atoms with Gasteiger partial charge in [-0.05, 0) is 19.1 Å². The first kappa shape index (κ1) is 21.2. The van der Waals surface area contributed by atoms with Crippen molar-refractivity contribution in [3.8, 4) is 0 Å². The molecule has 2 nitrogen and oxygen atoms in total. The predicted octanol–water partition coefficient (Wildman–Crippen LogP) is 6.54. The smallest absolute Gasteiger partial charge is 0.303 e. The van der Waals surface area contributed by atoms with Gasteiger partial charge in [-0.25, -0.2) is 0 Å². The first-order chi connectivity index (χ1) is 10.3. The van der Waals surface area contributed by atoms with E-state index in [1.165, 1.54) is 76.4 Å². The topological polar surface area (TPSA) is 37.3 Å². The van der Waals surface area contributed by atoms with Crippen molar-refractivity contribution in [3.05, 3.63) is 0 Å². The Morgan fingerprint density at radius 1 is 0.714 bits per heavy atom. The van der Waals surface area contributed by atoms with Crippen LogP contribution in [-0.4, -0.2) is 23.1 Å². The molecule has 0 atom stereocenters. The van der Waals surface area contributed by atoms with Crippen molar-refractivity contribution in [1.82, 2.24) is 0 Å². The Balaban J connectivity index is 2.95. The van der Waals surface area contributed by atoms with Crippen molar-refractivity contribution in [2.75, 3.05) is 12.0 Å². The third-order valence-corrected chi connectivity index (χ3v) is 5.63. The van der Waals surface area contributed by atoms with Crippen LogP contribution in [0.2, 0.25) is 0 Å². The monoisotopic (exact) mass is 334 g/mol. The quantitative estimate of drug-likeness (QED) is 0.242. The highest BCUT2D eigenvalue weighted by molar-refractivity contribution is 8.76. The number of carbonyl (C=O) groups is 1. The Morgan fingerprint density at radius 2 is 1.10 bits per heavy atom. The van der Waals surface area contributed by atoms with E-state index in [0.717, 1.165) is 12.8 Å². The molecule has 21 heavy (non-hydrogen) atoms. The van der Waals surface area contributed by atoms with Crippen molar-refractivity contribution >= 4 is 27.6 Å². The second kappa shape index (κ2) is 18.2. The van der Waals surface area contributed by atoms with Gasteiger partial charge in [-0.15, -0.1) is 0 Å². The van der Waals surface area contributed by atoms with Crippen LogP contribution in [0.5, 0.6) is 0 Å². The molecule has 4 heteroatoms. The van der Waals surface area contributed by atoms with Crippen LogP contribution in [0.25, 0.3) is 0 Å². The zero-order valence-electron chi connectivity index (χ0n) is 13.8. The summed E-state index contributed by atoms with van der Waals surface area (Å²) in [6.07, 6.45) is 19.4. The fraction of sp³-hybridized carbons (Fsp3) is 0.941. The second-order valence-electron chi connectivity index (χ2n) is 5.73. The molecule has 0 aliphatic heterocycles. The van der Waals surface area contributed by atoms with Crippen LogP contribution >= 0.6 is 21.6 Å². The molecule has 0 spiro atoms. The molecule has 0 unspecified atom stereocenters. The van der Waals surface area contributed by atoms with Crippen molar-refractivity contribution < 1.29 is 9.90 Å². The molecule has 0 aromatic carbocycles. The molecule has 0 aliphatic rings. The van der Waals surface area contributed by atoms with Gasteiger partial charge in [-0.2, -0.15) is 0 Å². The number of rotatable bonds is 17. The summed E-state index contributed by atoms with van der Waals surface area (Å²) < 4.78 is 0. The summed E-state index contributed by atoms with van der Waals surface area (Å²) in [6, 6.07) is 0. The van der Waals surface area contributed by atoms with E-state index in [4.69, 9.17) is 5.11 Å². The molecule has 0 saturated heterocycles. The van der Waals surface area contributed by atoms with Gasteiger partial charge >= 0.3 is 5.97 Å². The number of hydrogen-bond donors (Lipinski definition) is 1. The Morgan fingerprint density at radius 3 is 1.48 bits per heavy atom. The lowest BCUT2D eigenvalue weighted by atomic mass is 10.0. The van der Waals surface area contributed by atoms with Gasteiger partial charge in [-0.1, -0.05) is 92.2 Å². The van der Waals surface area contributed by atoms with E-state index in [1.54, 1.807) is 0 Å². The van der Waals surface area contributed by atoms with Gasteiger partial charge in [0.05, 0.1) is 0 Å². The number of carboxylic acids is 1. The van der Waals surface area contributed by atoms with Gasteiger partial charge in [0.25, 0.3) is 0 Å². The minimum absolute atomic E-state index is 0.343. The van der Waals surface area contributed by atoms with E-state index >= 15 is 0 Å². The van der Waals surface area contributed by atoms with E-state index in [0.29, 0.717) is 6.42 Å². The van der Waals surface area contributed by atoms with Gasteiger partial charge in [-0.3, -0.25) is 4.79 Å². The van der Waals surface area contributed by atoms with Crippen LogP contribution in [0.15, 0.2) is 0 Å². The van der Waals surface area contributed by atoms with E-state index in [9.17, 15) is 4.79 Å². The summed E-state index contributed by atoms with van der Waals surface area (Å²) in [4.78, 5) is 10.3. The van der Waals surface area contributed by atoms with Crippen molar-refractivity contribution in [2.24, 2.45) is 0 Å². The zero-order valence-corrected chi connectivity index (χ0v) is 15.4. The predicted molar refractivity (Wildman–Crippen MR) is 98.2 cm³/mol. The standard InChI is InChI=1S/C17H34O2S2/c1-20-21-16-14-12-10-8-6-4-2-3-5-7-9-11-13-15-17(18)19/h2-16H2,1H3,(H,18,19). The number of hydrogen-bond acceptors (Lipinski definition) is 3. The molecule has 0 aromatic heterocycles. The van der Waals surface area contributed by atoms with E-state index in [2.05, 4.69) is 6.26 Å². The van der Waals surface area contributed by atoms with Crippen molar-refractivity contribution in [2.45, 2.75) is 89.9 Å². The summed E-state index contributed by atoms with van der Waals surface area (Å²) in [7, 11) is 3.86. The average Bonchev–Trinajstić information content (AvgIpc) is 2.46. The Kier molecular flexibility index (Phi) is 18.4. The Labute approximate surface area is 139 Å². The molecule has 0 amide bonds. The van der Waals surface area contributed by atoms with Crippen LogP contribution < -0.4 is 0 Å². The van der Waals surface area contributed by atoms with Crippen LogP contribution in [0.3, 0.4) is 0 Å². The molecule has 0 bridgehead atoms. The van der Waals surface area contributed by atoms with Crippen LogP contribution in [0.1, 0.15) is 89.9 Å². The summed E-state index contributed by atoms with van der Waals surface area (Å²) in [5.74, 6) is 0.659. The molecule has 0 radical (unpaired) electrons. The largest absolute Gasteiger partial charge is 0.481 e. The first-order valence-electron chi connectivity index (χ1n) is 8.64. The van der Waals surface area contributed by atoms with Crippen molar-refractivity contribution in [1.29, 1.82) is 0 Å². The molecule has 1 N–H and O–H groups in total. The highest BCUT2D eigenvalue weighted by Gasteiger charge is 1.97.